The molecular weight excluding hydrogens is 204 g/mol. The van der Waals surface area contributed by atoms with Crippen molar-refractivity contribution in [3.8, 4) is 0 Å². The molecular formula is C8H11N2O3S. The number of aliphatic hydroxyl groups is 1. The highest BCUT2D eigenvalue weighted by atomic mass is 32.2. The smallest absolute Gasteiger partial charge is 0.170 e. The standard InChI is InChI=1S/C8H11N2O3S/c9-7-5-6(10-3-4-11)1-2-8(7)14(12)13/h2,5,10-11,14H,3-4,9H2. The van der Waals surface area contributed by atoms with Gasteiger partial charge in [0, 0.05) is 18.3 Å². The van der Waals surface area contributed by atoms with Crippen molar-refractivity contribution in [2.45, 2.75) is 4.90 Å². The van der Waals surface area contributed by atoms with E-state index < -0.39 is 10.7 Å². The maximum absolute atomic E-state index is 10.6. The van der Waals surface area contributed by atoms with Crippen LogP contribution in [-0.4, -0.2) is 26.7 Å². The van der Waals surface area contributed by atoms with Crippen molar-refractivity contribution < 1.29 is 13.5 Å². The average molecular weight is 215 g/mol. The van der Waals surface area contributed by atoms with Gasteiger partial charge in [0.25, 0.3) is 0 Å². The molecule has 1 aromatic rings. The van der Waals surface area contributed by atoms with Gasteiger partial charge in [0.15, 0.2) is 10.7 Å². The van der Waals surface area contributed by atoms with Gasteiger partial charge >= 0.3 is 0 Å². The Labute approximate surface area is 83.5 Å². The fourth-order valence-electron chi connectivity index (χ4n) is 0.951. The molecule has 6 heteroatoms. The molecule has 0 aliphatic heterocycles. The molecule has 0 aromatic heterocycles. The Balaban J connectivity index is 2.89. The summed E-state index contributed by atoms with van der Waals surface area (Å²) in [5, 5.41) is 11.4. The molecule has 1 aromatic carbocycles. The first kappa shape index (κ1) is 10.8. The Kier molecular flexibility index (Phi) is 3.73. The van der Waals surface area contributed by atoms with Gasteiger partial charge in [-0.1, -0.05) is 0 Å². The van der Waals surface area contributed by atoms with Crippen molar-refractivity contribution in [1.82, 2.24) is 0 Å². The highest BCUT2D eigenvalue weighted by molar-refractivity contribution is 7.72. The lowest BCUT2D eigenvalue weighted by atomic mass is 10.3. The molecule has 0 atom stereocenters. The van der Waals surface area contributed by atoms with Gasteiger partial charge in [0.2, 0.25) is 0 Å². The summed E-state index contributed by atoms with van der Waals surface area (Å²) in [6, 6.07) is 5.48. The zero-order chi connectivity index (χ0) is 10.6. The Morgan fingerprint density at radius 2 is 2.29 bits per heavy atom. The van der Waals surface area contributed by atoms with E-state index in [2.05, 4.69) is 11.4 Å². The van der Waals surface area contributed by atoms with Crippen molar-refractivity contribution in [3.05, 3.63) is 18.2 Å². The number of nitrogen functional groups attached to an aromatic ring is 1. The van der Waals surface area contributed by atoms with E-state index in [0.717, 1.165) is 0 Å². The molecule has 0 amide bonds. The molecule has 0 fully saturated rings. The molecule has 0 saturated heterocycles. The van der Waals surface area contributed by atoms with Crippen LogP contribution in [0, 0.1) is 6.07 Å². The summed E-state index contributed by atoms with van der Waals surface area (Å²) in [6.45, 7) is 0.365. The molecule has 5 nitrogen and oxygen atoms in total. The summed E-state index contributed by atoms with van der Waals surface area (Å²) in [5.41, 5.74) is 6.24. The number of hydrogen-bond donors (Lipinski definition) is 4. The van der Waals surface area contributed by atoms with E-state index in [1.54, 1.807) is 0 Å². The van der Waals surface area contributed by atoms with E-state index in [1.807, 2.05) is 0 Å². The van der Waals surface area contributed by atoms with Crippen LogP contribution in [0.4, 0.5) is 11.4 Å². The molecule has 0 aliphatic carbocycles. The molecule has 0 bridgehead atoms. The number of benzene rings is 1. The molecule has 0 saturated carbocycles. The fourth-order valence-corrected chi connectivity index (χ4v) is 1.40. The Morgan fingerprint density at radius 1 is 1.57 bits per heavy atom. The van der Waals surface area contributed by atoms with Gasteiger partial charge in [-0.15, -0.1) is 0 Å². The van der Waals surface area contributed by atoms with E-state index in [4.69, 9.17) is 10.8 Å². The summed E-state index contributed by atoms with van der Waals surface area (Å²) in [7, 11) is -2.68. The minimum Gasteiger partial charge on any atom is -0.398 e. The van der Waals surface area contributed by atoms with Crippen LogP contribution in [0.2, 0.25) is 0 Å². The van der Waals surface area contributed by atoms with Crippen LogP contribution in [0.25, 0.3) is 0 Å². The van der Waals surface area contributed by atoms with Crippen molar-refractivity contribution in [3.63, 3.8) is 0 Å². The minimum atomic E-state index is -2.68. The van der Waals surface area contributed by atoms with Crippen molar-refractivity contribution in [1.29, 1.82) is 0 Å². The highest BCUT2D eigenvalue weighted by Gasteiger charge is 2.02. The summed E-state index contributed by atoms with van der Waals surface area (Å²) in [5.74, 6) is 0. The van der Waals surface area contributed by atoms with Gasteiger partial charge in [-0.05, 0) is 12.1 Å². The van der Waals surface area contributed by atoms with Crippen LogP contribution < -0.4 is 11.1 Å². The van der Waals surface area contributed by atoms with Gasteiger partial charge in [0.1, 0.15) is 0 Å². The minimum absolute atomic E-state index is 0.00862. The lowest BCUT2D eigenvalue weighted by Gasteiger charge is -2.05. The van der Waals surface area contributed by atoms with Crippen LogP contribution in [-0.2, 0) is 10.7 Å². The van der Waals surface area contributed by atoms with Gasteiger partial charge in [-0.25, -0.2) is 8.42 Å². The average Bonchev–Trinajstić information content (AvgIpc) is 2.14. The summed E-state index contributed by atoms with van der Waals surface area (Å²) >= 11 is 0. The third-order valence-electron chi connectivity index (χ3n) is 1.58. The zero-order valence-electron chi connectivity index (χ0n) is 7.36. The number of rotatable bonds is 4. The predicted molar refractivity (Wildman–Crippen MR) is 53.8 cm³/mol. The molecule has 0 spiro atoms. The summed E-state index contributed by atoms with van der Waals surface area (Å²) in [6.07, 6.45) is 0. The molecule has 77 valence electrons. The van der Waals surface area contributed by atoms with E-state index in [9.17, 15) is 8.42 Å². The van der Waals surface area contributed by atoms with Gasteiger partial charge in [-0.2, -0.15) is 0 Å². The van der Waals surface area contributed by atoms with Crippen molar-refractivity contribution >= 4 is 22.1 Å². The number of aliphatic hydroxyl groups excluding tert-OH is 1. The van der Waals surface area contributed by atoms with E-state index in [0.29, 0.717) is 12.2 Å². The van der Waals surface area contributed by atoms with Crippen LogP contribution in [0.3, 0.4) is 0 Å². The van der Waals surface area contributed by atoms with Crippen LogP contribution in [0.5, 0.6) is 0 Å². The maximum atomic E-state index is 10.6. The number of nitrogens with two attached hydrogens (primary N) is 1. The Bertz CT molecular complexity index is 382. The summed E-state index contributed by atoms with van der Waals surface area (Å²) < 4.78 is 21.2. The van der Waals surface area contributed by atoms with E-state index in [-0.39, 0.29) is 17.2 Å². The number of hydrogen-bond acceptors (Lipinski definition) is 5. The van der Waals surface area contributed by atoms with E-state index in [1.165, 1.54) is 12.1 Å². The van der Waals surface area contributed by atoms with Crippen molar-refractivity contribution in [2.75, 3.05) is 24.2 Å². The number of anilines is 2. The van der Waals surface area contributed by atoms with Gasteiger partial charge < -0.3 is 16.2 Å². The molecule has 4 N–H and O–H groups in total. The third kappa shape index (κ3) is 2.61. The normalized spacial score (nSPS) is 10.4. The fraction of sp³-hybridized carbons (Fsp3) is 0.250. The monoisotopic (exact) mass is 215 g/mol. The lowest BCUT2D eigenvalue weighted by molar-refractivity contribution is 0.311. The molecule has 1 rings (SSSR count). The first-order chi connectivity index (χ1) is 6.65. The van der Waals surface area contributed by atoms with Crippen molar-refractivity contribution in [2.24, 2.45) is 0 Å². The zero-order valence-corrected chi connectivity index (χ0v) is 8.25. The second kappa shape index (κ2) is 4.83. The topological polar surface area (TPSA) is 92.4 Å². The van der Waals surface area contributed by atoms with Crippen LogP contribution >= 0.6 is 0 Å². The molecule has 1 radical (unpaired) electrons. The Morgan fingerprint density at radius 3 is 2.79 bits per heavy atom. The maximum Gasteiger partial charge on any atom is 0.170 e. The summed E-state index contributed by atoms with van der Waals surface area (Å²) in [4.78, 5) is 0.0644. The number of thiol groups is 1. The first-order valence-corrected chi connectivity index (χ1v) is 5.13. The van der Waals surface area contributed by atoms with Crippen LogP contribution in [0.15, 0.2) is 17.0 Å². The highest BCUT2D eigenvalue weighted by Crippen LogP contribution is 2.17. The quantitative estimate of drug-likeness (QED) is 0.399. The third-order valence-corrected chi connectivity index (χ3v) is 2.36. The molecule has 0 unspecified atom stereocenters. The first-order valence-electron chi connectivity index (χ1n) is 3.95. The number of nitrogens with one attached hydrogen (secondary N) is 1. The Hall–Kier alpha value is -1.27. The molecule has 0 aliphatic rings. The predicted octanol–water partition coefficient (Wildman–Crippen LogP) is -0.557. The van der Waals surface area contributed by atoms with Crippen LogP contribution in [0.1, 0.15) is 0 Å². The van der Waals surface area contributed by atoms with Gasteiger partial charge in [-0.3, -0.25) is 0 Å². The SMILES string of the molecule is Nc1cc(NCCO)[c]cc1[SH](=O)=O. The lowest BCUT2D eigenvalue weighted by Crippen LogP contribution is -2.06. The second-order valence-corrected chi connectivity index (χ2v) is 3.59. The molecule has 0 heterocycles. The van der Waals surface area contributed by atoms with E-state index >= 15 is 0 Å². The largest absolute Gasteiger partial charge is 0.398 e. The van der Waals surface area contributed by atoms with Gasteiger partial charge in [0.05, 0.1) is 17.2 Å². The second-order valence-electron chi connectivity index (χ2n) is 2.59. The molecule has 14 heavy (non-hydrogen) atoms.